The largest absolute Gasteiger partial charge is 0.282 e. The van der Waals surface area contributed by atoms with Crippen molar-refractivity contribution in [2.45, 2.75) is 19.4 Å². The number of rotatable bonds is 4. The van der Waals surface area contributed by atoms with Crippen LogP contribution in [0.15, 0.2) is 91.4 Å². The van der Waals surface area contributed by atoms with Crippen LogP contribution in [0, 0.1) is 0 Å². The van der Waals surface area contributed by atoms with E-state index < -0.39 is 29.7 Å². The molecule has 2 aromatic rings. The summed E-state index contributed by atoms with van der Waals surface area (Å²) in [5.41, 5.74) is 0.476. The van der Waals surface area contributed by atoms with Crippen LogP contribution in [0.5, 0.6) is 0 Å². The van der Waals surface area contributed by atoms with Crippen molar-refractivity contribution < 1.29 is 16.8 Å². The number of nitrogens with zero attached hydrogens (tertiary/aromatic N) is 2. The van der Waals surface area contributed by atoms with E-state index in [1.54, 1.807) is 36.4 Å². The number of halogens is 2. The number of allylic oxidation sites excluding steroid dienone is 2. The minimum atomic E-state index is -3.88. The number of sulfonamides is 2. The van der Waals surface area contributed by atoms with Gasteiger partial charge in [0.1, 0.15) is 0 Å². The lowest BCUT2D eigenvalue weighted by atomic mass is 10.0. The van der Waals surface area contributed by atoms with Gasteiger partial charge in [-0.15, -0.1) is 0 Å². The number of alkyl halides is 2. The van der Waals surface area contributed by atoms with E-state index in [0.29, 0.717) is 0 Å². The van der Waals surface area contributed by atoms with E-state index in [9.17, 15) is 16.8 Å². The van der Waals surface area contributed by atoms with Gasteiger partial charge in [-0.25, -0.2) is 0 Å². The van der Waals surface area contributed by atoms with Gasteiger partial charge in [-0.2, -0.15) is 25.6 Å². The Balaban J connectivity index is 1.96. The van der Waals surface area contributed by atoms with E-state index in [1.165, 1.54) is 36.4 Å². The fourth-order valence-corrected chi connectivity index (χ4v) is 5.82. The van der Waals surface area contributed by atoms with Gasteiger partial charge in [-0.1, -0.05) is 68.3 Å². The second-order valence-electron chi connectivity index (χ2n) is 5.75. The van der Waals surface area contributed by atoms with E-state index in [0.717, 1.165) is 0 Å². The number of hydrogen-bond acceptors (Lipinski definition) is 4. The average Bonchev–Trinajstić information content (AvgIpc) is 2.69. The molecular weight excluding hydrogens is 532 g/mol. The summed E-state index contributed by atoms with van der Waals surface area (Å²) in [5.74, 6) is 0. The van der Waals surface area contributed by atoms with Gasteiger partial charge in [0.05, 0.1) is 30.9 Å². The first-order valence-corrected chi connectivity index (χ1v) is 12.7. The molecule has 2 unspecified atom stereocenters. The zero-order valence-electron chi connectivity index (χ0n) is 14.2. The Hall–Kier alpha value is -1.62. The molecular formula is C18H14Br2N2O4S2. The molecule has 1 aliphatic carbocycles. The number of hydrogen-bond donors (Lipinski definition) is 0. The maximum absolute atomic E-state index is 12.5. The molecule has 0 amide bonds. The van der Waals surface area contributed by atoms with Crippen molar-refractivity contribution in [1.82, 2.24) is 0 Å². The Bertz CT molecular complexity index is 1070. The van der Waals surface area contributed by atoms with Gasteiger partial charge in [-0.3, -0.25) is 0 Å². The highest BCUT2D eigenvalue weighted by atomic mass is 79.9. The van der Waals surface area contributed by atoms with Crippen LogP contribution in [0.25, 0.3) is 0 Å². The standard InChI is InChI=1S/C18H14Br2N2O4S2/c19-17-15(21-27(23,24)13-7-3-1-4-8-13)11-12-16(18(17)20)22-28(25,26)14-9-5-2-6-10-14/h1-12,17-18H/b21-15+,22-16+. The third kappa shape index (κ3) is 4.68. The van der Waals surface area contributed by atoms with Gasteiger partial charge < -0.3 is 0 Å². The first-order valence-electron chi connectivity index (χ1n) is 7.97. The minimum Gasteiger partial charge on any atom is -0.199 e. The average molecular weight is 546 g/mol. The van der Waals surface area contributed by atoms with Crippen LogP contribution >= 0.6 is 31.9 Å². The summed E-state index contributed by atoms with van der Waals surface area (Å²) in [5, 5.41) is 0. The lowest BCUT2D eigenvalue weighted by Gasteiger charge is -2.21. The van der Waals surface area contributed by atoms with Gasteiger partial charge in [0.25, 0.3) is 20.0 Å². The van der Waals surface area contributed by atoms with E-state index >= 15 is 0 Å². The highest BCUT2D eigenvalue weighted by Crippen LogP contribution is 2.26. The topological polar surface area (TPSA) is 93.0 Å². The molecule has 0 fully saturated rings. The quantitative estimate of drug-likeness (QED) is 0.547. The van der Waals surface area contributed by atoms with Gasteiger partial charge in [0.15, 0.2) is 0 Å². The molecule has 0 spiro atoms. The molecule has 0 radical (unpaired) electrons. The predicted molar refractivity (Wildman–Crippen MR) is 117 cm³/mol. The second kappa shape index (κ2) is 8.40. The molecule has 6 nitrogen and oxygen atoms in total. The van der Waals surface area contributed by atoms with Crippen LogP contribution in [-0.4, -0.2) is 37.9 Å². The minimum absolute atomic E-state index is 0.0767. The Morgan fingerprint density at radius 3 is 1.25 bits per heavy atom. The molecule has 3 rings (SSSR count). The normalized spacial score (nSPS) is 23.2. The Morgan fingerprint density at radius 1 is 0.607 bits per heavy atom. The van der Waals surface area contributed by atoms with Gasteiger partial charge >= 0.3 is 0 Å². The van der Waals surface area contributed by atoms with Gasteiger partial charge in [0, 0.05) is 0 Å². The first kappa shape index (κ1) is 21.1. The van der Waals surface area contributed by atoms with E-state index in [4.69, 9.17) is 0 Å². The molecule has 10 heteroatoms. The molecule has 1 aliphatic rings. The van der Waals surface area contributed by atoms with Crippen LogP contribution in [0.3, 0.4) is 0 Å². The highest BCUT2D eigenvalue weighted by Gasteiger charge is 2.31. The van der Waals surface area contributed by atoms with Crippen molar-refractivity contribution in [3.63, 3.8) is 0 Å². The van der Waals surface area contributed by atoms with E-state index in [2.05, 4.69) is 40.7 Å². The van der Waals surface area contributed by atoms with Crippen molar-refractivity contribution in [2.75, 3.05) is 0 Å². The SMILES string of the molecule is O=S(=O)(/N=C1C=C/C(=N\S(=O)(=O)c2ccccc2)C(Br)C\1Br)c1ccccc1. The molecule has 0 N–H and O–H groups in total. The molecule has 0 saturated heterocycles. The van der Waals surface area contributed by atoms with Crippen LogP contribution in [0.1, 0.15) is 0 Å². The summed E-state index contributed by atoms with van der Waals surface area (Å²) in [4.78, 5) is -1.01. The third-order valence-electron chi connectivity index (χ3n) is 3.78. The molecule has 0 bridgehead atoms. The van der Waals surface area contributed by atoms with Crippen LogP contribution in [0.2, 0.25) is 0 Å². The molecule has 0 saturated carbocycles. The van der Waals surface area contributed by atoms with Gasteiger partial charge in [-0.05, 0) is 36.4 Å². The second-order valence-corrected chi connectivity index (χ2v) is 10.9. The van der Waals surface area contributed by atoms with Crippen molar-refractivity contribution in [1.29, 1.82) is 0 Å². The predicted octanol–water partition coefficient (Wildman–Crippen LogP) is 3.74. The molecule has 0 aliphatic heterocycles. The van der Waals surface area contributed by atoms with Crippen LogP contribution in [0.4, 0.5) is 0 Å². The monoisotopic (exact) mass is 544 g/mol. The Kier molecular flexibility index (Phi) is 6.33. The summed E-state index contributed by atoms with van der Waals surface area (Å²) < 4.78 is 57.6. The van der Waals surface area contributed by atoms with Crippen molar-refractivity contribution in [3.8, 4) is 0 Å². The summed E-state index contributed by atoms with van der Waals surface area (Å²) in [6, 6.07) is 15.7. The Morgan fingerprint density at radius 2 is 0.929 bits per heavy atom. The van der Waals surface area contributed by atoms with Crippen LogP contribution in [-0.2, 0) is 20.0 Å². The fraction of sp³-hybridized carbons (Fsp3) is 0.111. The lowest BCUT2D eigenvalue weighted by molar-refractivity contribution is 0.596. The van der Waals surface area contributed by atoms with E-state index in [1.807, 2.05) is 0 Å². The molecule has 0 aromatic heterocycles. The zero-order chi connectivity index (χ0) is 20.4. The fourth-order valence-electron chi connectivity index (χ4n) is 2.38. The van der Waals surface area contributed by atoms with Crippen molar-refractivity contribution in [2.24, 2.45) is 8.80 Å². The smallest absolute Gasteiger partial charge is 0.199 e. The zero-order valence-corrected chi connectivity index (χ0v) is 19.0. The summed E-state index contributed by atoms with van der Waals surface area (Å²) in [6.45, 7) is 0. The highest BCUT2D eigenvalue weighted by molar-refractivity contribution is 9.12. The van der Waals surface area contributed by atoms with Gasteiger partial charge in [0.2, 0.25) is 0 Å². The van der Waals surface area contributed by atoms with Crippen molar-refractivity contribution >= 4 is 63.3 Å². The maximum atomic E-state index is 12.5. The van der Waals surface area contributed by atoms with E-state index in [-0.39, 0.29) is 21.2 Å². The summed E-state index contributed by atoms with van der Waals surface area (Å²) >= 11 is 6.76. The molecule has 146 valence electrons. The molecule has 28 heavy (non-hydrogen) atoms. The Labute approximate surface area is 180 Å². The maximum Gasteiger partial charge on any atom is 0.282 e. The molecule has 0 heterocycles. The number of benzene rings is 2. The first-order chi connectivity index (χ1) is 13.2. The molecule has 2 atom stereocenters. The molecule has 2 aromatic carbocycles. The summed E-state index contributed by atoms with van der Waals surface area (Å²) in [7, 11) is -7.77. The summed E-state index contributed by atoms with van der Waals surface area (Å²) in [6.07, 6.45) is 2.88. The van der Waals surface area contributed by atoms with Crippen molar-refractivity contribution in [3.05, 3.63) is 72.8 Å². The van der Waals surface area contributed by atoms with Crippen LogP contribution < -0.4 is 0 Å². The lowest BCUT2D eigenvalue weighted by Crippen LogP contribution is -2.34. The third-order valence-corrected chi connectivity index (χ3v) is 9.12.